The largest absolute Gasteiger partial charge is 0.354 e. The summed E-state index contributed by atoms with van der Waals surface area (Å²) in [6.07, 6.45) is 6.16. The number of amides is 1. The Bertz CT molecular complexity index is 758. The molecule has 0 bridgehead atoms. The molecule has 26 heavy (non-hydrogen) atoms. The van der Waals surface area contributed by atoms with Gasteiger partial charge in [0, 0.05) is 25.0 Å². The second-order valence-electron chi connectivity index (χ2n) is 6.89. The van der Waals surface area contributed by atoms with Crippen LogP contribution in [0.25, 0.3) is 5.69 Å². The molecule has 0 aliphatic carbocycles. The van der Waals surface area contributed by atoms with Crippen LogP contribution in [-0.2, 0) is 4.79 Å². The topological polar surface area (TPSA) is 50.2 Å². The Hall–Kier alpha value is -1.79. The molecule has 1 amide bonds. The van der Waals surface area contributed by atoms with Gasteiger partial charge in [0.15, 0.2) is 5.16 Å². The van der Waals surface area contributed by atoms with Crippen molar-refractivity contribution >= 4 is 17.7 Å². The van der Waals surface area contributed by atoms with Crippen molar-refractivity contribution in [1.29, 1.82) is 0 Å². The first-order chi connectivity index (χ1) is 12.6. The normalized spacial score (nSPS) is 17.6. The Morgan fingerprint density at radius 2 is 2.23 bits per heavy atom. The lowest BCUT2D eigenvalue weighted by molar-refractivity contribution is -0.118. The Kier molecular flexibility index (Phi) is 6.38. The second kappa shape index (κ2) is 8.73. The summed E-state index contributed by atoms with van der Waals surface area (Å²) in [6, 6.07) is 6.87. The van der Waals surface area contributed by atoms with Gasteiger partial charge in [-0.15, -0.1) is 0 Å². The predicted molar refractivity (Wildman–Crippen MR) is 107 cm³/mol. The summed E-state index contributed by atoms with van der Waals surface area (Å²) in [5.41, 5.74) is 3.53. The van der Waals surface area contributed by atoms with Gasteiger partial charge in [0.25, 0.3) is 0 Å². The number of nitrogens with one attached hydrogen (secondary N) is 1. The lowest BCUT2D eigenvalue weighted by Gasteiger charge is -2.22. The molecule has 5 nitrogen and oxygen atoms in total. The van der Waals surface area contributed by atoms with Crippen molar-refractivity contribution in [3.8, 4) is 5.69 Å². The fourth-order valence-corrected chi connectivity index (χ4v) is 4.31. The molecular weight excluding hydrogens is 344 g/mol. The minimum atomic E-state index is 0.0773. The van der Waals surface area contributed by atoms with Crippen LogP contribution in [0.1, 0.15) is 30.9 Å². The van der Waals surface area contributed by atoms with E-state index in [4.69, 9.17) is 0 Å². The fourth-order valence-electron chi connectivity index (χ4n) is 3.51. The summed E-state index contributed by atoms with van der Waals surface area (Å²) < 4.78 is 2.07. The van der Waals surface area contributed by atoms with Gasteiger partial charge < -0.3 is 5.32 Å². The zero-order valence-electron chi connectivity index (χ0n) is 15.9. The van der Waals surface area contributed by atoms with Gasteiger partial charge in [-0.2, -0.15) is 0 Å². The van der Waals surface area contributed by atoms with E-state index in [0.717, 1.165) is 30.5 Å². The molecular formula is C20H28N4OS. The molecule has 0 radical (unpaired) electrons. The standard InChI is InChI=1S/C20H28N4OS/c1-4-23-10-5-6-17(23)13-22-19(25)14-26-20-21-9-11-24(20)18-12-15(2)7-8-16(18)3/h7-9,11-12,17H,4-6,10,13-14H2,1-3H3,(H,22,25). The molecule has 2 heterocycles. The maximum absolute atomic E-state index is 12.3. The number of likely N-dealkylation sites (N-methyl/N-ethyl adjacent to an activating group) is 1. The van der Waals surface area contributed by atoms with Crippen molar-refractivity contribution in [2.45, 2.75) is 44.8 Å². The molecule has 1 atom stereocenters. The molecule has 140 valence electrons. The number of aryl methyl sites for hydroxylation is 2. The van der Waals surface area contributed by atoms with Crippen LogP contribution in [0.5, 0.6) is 0 Å². The van der Waals surface area contributed by atoms with Crippen molar-refractivity contribution in [3.05, 3.63) is 41.7 Å². The summed E-state index contributed by atoms with van der Waals surface area (Å²) in [4.78, 5) is 19.2. The molecule has 2 aromatic rings. The Labute approximate surface area is 160 Å². The van der Waals surface area contributed by atoms with Gasteiger partial charge in [-0.3, -0.25) is 14.3 Å². The number of hydrogen-bond acceptors (Lipinski definition) is 4. The van der Waals surface area contributed by atoms with Gasteiger partial charge in [0.2, 0.25) is 5.91 Å². The zero-order chi connectivity index (χ0) is 18.5. The average molecular weight is 373 g/mol. The van der Waals surface area contributed by atoms with Crippen LogP contribution >= 0.6 is 11.8 Å². The van der Waals surface area contributed by atoms with E-state index in [2.05, 4.69) is 58.7 Å². The number of imidazole rings is 1. The summed E-state index contributed by atoms with van der Waals surface area (Å²) in [6.45, 7) is 9.32. The molecule has 1 unspecified atom stereocenters. The van der Waals surface area contributed by atoms with Crippen LogP contribution in [0.2, 0.25) is 0 Å². The number of nitrogens with zero attached hydrogens (tertiary/aromatic N) is 3. The van der Waals surface area contributed by atoms with E-state index in [0.29, 0.717) is 11.8 Å². The Morgan fingerprint density at radius 1 is 1.38 bits per heavy atom. The molecule has 1 aromatic carbocycles. The van der Waals surface area contributed by atoms with E-state index in [1.807, 2.05) is 6.20 Å². The second-order valence-corrected chi connectivity index (χ2v) is 7.83. The number of rotatable bonds is 7. The maximum Gasteiger partial charge on any atom is 0.230 e. The smallest absolute Gasteiger partial charge is 0.230 e. The third-order valence-electron chi connectivity index (χ3n) is 5.00. The lowest BCUT2D eigenvalue weighted by atomic mass is 10.1. The van der Waals surface area contributed by atoms with Crippen LogP contribution in [0.15, 0.2) is 35.7 Å². The first-order valence-electron chi connectivity index (χ1n) is 9.33. The minimum absolute atomic E-state index is 0.0773. The van der Waals surface area contributed by atoms with Crippen LogP contribution in [-0.4, -0.2) is 51.8 Å². The lowest BCUT2D eigenvalue weighted by Crippen LogP contribution is -2.40. The van der Waals surface area contributed by atoms with Gasteiger partial charge in [-0.1, -0.05) is 30.8 Å². The first kappa shape index (κ1) is 19.0. The molecule has 0 saturated carbocycles. The van der Waals surface area contributed by atoms with Crippen LogP contribution in [0.4, 0.5) is 0 Å². The monoisotopic (exact) mass is 372 g/mol. The number of aromatic nitrogens is 2. The van der Waals surface area contributed by atoms with Crippen molar-refractivity contribution in [3.63, 3.8) is 0 Å². The summed E-state index contributed by atoms with van der Waals surface area (Å²) in [5, 5.41) is 3.94. The first-order valence-corrected chi connectivity index (χ1v) is 10.3. The molecule has 1 saturated heterocycles. The van der Waals surface area contributed by atoms with Crippen LogP contribution in [0.3, 0.4) is 0 Å². The maximum atomic E-state index is 12.3. The third kappa shape index (κ3) is 4.48. The fraction of sp³-hybridized carbons (Fsp3) is 0.500. The predicted octanol–water partition coefficient (Wildman–Crippen LogP) is 3.18. The van der Waals surface area contributed by atoms with Gasteiger partial charge >= 0.3 is 0 Å². The van der Waals surface area contributed by atoms with E-state index in [1.54, 1.807) is 6.20 Å². The molecule has 1 N–H and O–H groups in total. The van der Waals surface area contributed by atoms with E-state index >= 15 is 0 Å². The molecule has 3 rings (SSSR count). The SMILES string of the molecule is CCN1CCCC1CNC(=O)CSc1nccn1-c1cc(C)ccc1C. The average Bonchev–Trinajstić information content (AvgIpc) is 3.28. The summed E-state index contributed by atoms with van der Waals surface area (Å²) >= 11 is 1.49. The minimum Gasteiger partial charge on any atom is -0.354 e. The summed E-state index contributed by atoms with van der Waals surface area (Å²) in [7, 11) is 0. The van der Waals surface area contributed by atoms with E-state index in [9.17, 15) is 4.79 Å². The number of carbonyl (C=O) groups is 1. The number of carbonyl (C=O) groups excluding carboxylic acids is 1. The van der Waals surface area contributed by atoms with Crippen molar-refractivity contribution < 1.29 is 4.79 Å². The van der Waals surface area contributed by atoms with Gasteiger partial charge in [-0.05, 0) is 57.0 Å². The van der Waals surface area contributed by atoms with Gasteiger partial charge in [0.1, 0.15) is 0 Å². The molecule has 1 aliphatic heterocycles. The van der Waals surface area contributed by atoms with Crippen LogP contribution < -0.4 is 5.32 Å². The van der Waals surface area contributed by atoms with Crippen molar-refractivity contribution in [1.82, 2.24) is 19.8 Å². The van der Waals surface area contributed by atoms with Crippen molar-refractivity contribution in [2.24, 2.45) is 0 Å². The molecule has 6 heteroatoms. The Balaban J connectivity index is 1.56. The van der Waals surface area contributed by atoms with Gasteiger partial charge in [0.05, 0.1) is 11.4 Å². The quantitative estimate of drug-likeness (QED) is 0.759. The van der Waals surface area contributed by atoms with Gasteiger partial charge in [-0.25, -0.2) is 4.98 Å². The number of likely N-dealkylation sites (tertiary alicyclic amines) is 1. The number of thioether (sulfide) groups is 1. The highest BCUT2D eigenvalue weighted by Crippen LogP contribution is 2.23. The third-order valence-corrected chi connectivity index (χ3v) is 5.97. The van der Waals surface area contributed by atoms with Crippen LogP contribution in [0, 0.1) is 13.8 Å². The molecule has 1 fully saturated rings. The highest BCUT2D eigenvalue weighted by atomic mass is 32.2. The molecule has 0 spiro atoms. The number of hydrogen-bond donors (Lipinski definition) is 1. The zero-order valence-corrected chi connectivity index (χ0v) is 16.7. The van der Waals surface area contributed by atoms with Crippen molar-refractivity contribution in [2.75, 3.05) is 25.4 Å². The van der Waals surface area contributed by atoms with E-state index in [-0.39, 0.29) is 5.91 Å². The molecule has 1 aliphatic rings. The molecule has 1 aromatic heterocycles. The highest BCUT2D eigenvalue weighted by molar-refractivity contribution is 7.99. The Morgan fingerprint density at radius 3 is 3.04 bits per heavy atom. The number of benzene rings is 1. The van der Waals surface area contributed by atoms with E-state index in [1.165, 1.54) is 35.7 Å². The highest BCUT2D eigenvalue weighted by Gasteiger charge is 2.23. The summed E-state index contributed by atoms with van der Waals surface area (Å²) in [5.74, 6) is 0.467. The van der Waals surface area contributed by atoms with E-state index < -0.39 is 0 Å².